The molecule has 2 N–H and O–H groups in total. The van der Waals surface area contributed by atoms with E-state index in [1.54, 1.807) is 43.5 Å². The topological polar surface area (TPSA) is 89.0 Å². The molecule has 2 amide bonds. The zero-order valence-corrected chi connectivity index (χ0v) is 21.5. The molecule has 0 bridgehead atoms. The van der Waals surface area contributed by atoms with Crippen LogP contribution in [0.2, 0.25) is 5.02 Å². The van der Waals surface area contributed by atoms with Gasteiger partial charge in [0.1, 0.15) is 12.6 Å². The SMILES string of the molecule is COc1cc(/C=N\NC(=O)C(NC(=O)c2cccc(Cl)c2)C(C)C)ccc1OCc1ccc(C)cc1. The molecule has 0 saturated carbocycles. The highest BCUT2D eigenvalue weighted by Crippen LogP contribution is 2.28. The van der Waals surface area contributed by atoms with Crippen molar-refractivity contribution < 1.29 is 19.1 Å². The van der Waals surface area contributed by atoms with E-state index in [1.807, 2.05) is 51.1 Å². The number of amides is 2. The lowest BCUT2D eigenvalue weighted by Gasteiger charge is -2.20. The molecule has 1 unspecified atom stereocenters. The Morgan fingerprint density at radius 1 is 1.03 bits per heavy atom. The number of aryl methyl sites for hydroxylation is 1. The van der Waals surface area contributed by atoms with Crippen LogP contribution in [0.5, 0.6) is 11.5 Å². The molecule has 3 aromatic rings. The first-order chi connectivity index (χ1) is 17.3. The van der Waals surface area contributed by atoms with Gasteiger partial charge >= 0.3 is 0 Å². The van der Waals surface area contributed by atoms with Crippen molar-refractivity contribution in [2.45, 2.75) is 33.4 Å². The van der Waals surface area contributed by atoms with Crippen molar-refractivity contribution in [2.24, 2.45) is 11.0 Å². The van der Waals surface area contributed by atoms with Crippen molar-refractivity contribution in [3.8, 4) is 11.5 Å². The minimum Gasteiger partial charge on any atom is -0.493 e. The summed E-state index contributed by atoms with van der Waals surface area (Å²) in [4.78, 5) is 25.3. The predicted octanol–water partition coefficient (Wildman–Crippen LogP) is 5.14. The molecule has 3 rings (SSSR count). The Morgan fingerprint density at radius 3 is 2.44 bits per heavy atom. The van der Waals surface area contributed by atoms with Crippen LogP contribution in [0.3, 0.4) is 0 Å². The van der Waals surface area contributed by atoms with Crippen molar-refractivity contribution >= 4 is 29.6 Å². The highest BCUT2D eigenvalue weighted by Gasteiger charge is 2.24. The van der Waals surface area contributed by atoms with Crippen LogP contribution in [0.25, 0.3) is 0 Å². The number of benzene rings is 3. The summed E-state index contributed by atoms with van der Waals surface area (Å²) in [5.41, 5.74) is 5.83. The first-order valence-corrected chi connectivity index (χ1v) is 11.9. The zero-order valence-electron chi connectivity index (χ0n) is 20.7. The highest BCUT2D eigenvalue weighted by atomic mass is 35.5. The maximum absolute atomic E-state index is 12.7. The Bertz CT molecular complexity index is 1230. The number of carbonyl (C=O) groups excluding carboxylic acids is 2. The van der Waals surface area contributed by atoms with Crippen LogP contribution >= 0.6 is 11.6 Å². The van der Waals surface area contributed by atoms with E-state index < -0.39 is 11.9 Å². The lowest BCUT2D eigenvalue weighted by Crippen LogP contribution is -2.48. The molecular weight excluding hydrogens is 478 g/mol. The third-order valence-electron chi connectivity index (χ3n) is 5.41. The van der Waals surface area contributed by atoms with E-state index in [4.69, 9.17) is 21.1 Å². The van der Waals surface area contributed by atoms with Gasteiger partial charge in [0.05, 0.1) is 13.3 Å². The predicted molar refractivity (Wildman–Crippen MR) is 142 cm³/mol. The molecule has 8 heteroatoms. The number of halogens is 1. The Morgan fingerprint density at radius 2 is 1.78 bits per heavy atom. The summed E-state index contributed by atoms with van der Waals surface area (Å²) in [5, 5.41) is 7.24. The van der Waals surface area contributed by atoms with Crippen LogP contribution in [-0.4, -0.2) is 31.2 Å². The molecular formula is C28H30ClN3O4. The number of hydrogen-bond acceptors (Lipinski definition) is 5. The summed E-state index contributed by atoms with van der Waals surface area (Å²) < 4.78 is 11.4. The van der Waals surface area contributed by atoms with Gasteiger partial charge in [0, 0.05) is 10.6 Å². The monoisotopic (exact) mass is 507 g/mol. The van der Waals surface area contributed by atoms with Crippen molar-refractivity contribution in [3.63, 3.8) is 0 Å². The largest absolute Gasteiger partial charge is 0.493 e. The average Bonchev–Trinajstić information content (AvgIpc) is 2.86. The van der Waals surface area contributed by atoms with Gasteiger partial charge in [0.2, 0.25) is 0 Å². The molecule has 0 aromatic heterocycles. The number of ether oxygens (including phenoxy) is 2. The van der Waals surface area contributed by atoms with Gasteiger partial charge in [-0.25, -0.2) is 5.43 Å². The van der Waals surface area contributed by atoms with Crippen LogP contribution in [0.4, 0.5) is 0 Å². The van der Waals surface area contributed by atoms with Crippen LogP contribution < -0.4 is 20.2 Å². The molecule has 0 aliphatic carbocycles. The summed E-state index contributed by atoms with van der Waals surface area (Å²) >= 11 is 5.96. The van der Waals surface area contributed by atoms with E-state index >= 15 is 0 Å². The molecule has 0 aliphatic heterocycles. The fourth-order valence-corrected chi connectivity index (χ4v) is 3.55. The van der Waals surface area contributed by atoms with E-state index in [2.05, 4.69) is 15.8 Å². The Hall–Kier alpha value is -3.84. The Balaban J connectivity index is 1.60. The van der Waals surface area contributed by atoms with Crippen LogP contribution in [-0.2, 0) is 11.4 Å². The second kappa shape index (κ2) is 12.7. The van der Waals surface area contributed by atoms with E-state index in [-0.39, 0.29) is 11.8 Å². The van der Waals surface area contributed by atoms with Gasteiger partial charge in [-0.3, -0.25) is 9.59 Å². The van der Waals surface area contributed by atoms with Crippen molar-refractivity contribution in [3.05, 3.63) is 94.0 Å². The van der Waals surface area contributed by atoms with Crippen LogP contribution in [0.1, 0.15) is 40.9 Å². The lowest BCUT2D eigenvalue weighted by atomic mass is 10.0. The Labute approximate surface area is 216 Å². The number of hydrazone groups is 1. The van der Waals surface area contributed by atoms with E-state index in [1.165, 1.54) is 11.8 Å². The molecule has 0 aliphatic rings. The lowest BCUT2D eigenvalue weighted by molar-refractivity contribution is -0.123. The Kier molecular flexibility index (Phi) is 9.47. The number of hydrogen-bond donors (Lipinski definition) is 2. The summed E-state index contributed by atoms with van der Waals surface area (Å²) in [6.07, 6.45) is 1.50. The fourth-order valence-electron chi connectivity index (χ4n) is 3.36. The van der Waals surface area contributed by atoms with Crippen molar-refractivity contribution in [1.29, 1.82) is 0 Å². The van der Waals surface area contributed by atoms with E-state index in [0.717, 1.165) is 5.56 Å². The van der Waals surface area contributed by atoms with Gasteiger partial charge < -0.3 is 14.8 Å². The number of nitrogens with zero attached hydrogens (tertiary/aromatic N) is 1. The number of rotatable bonds is 10. The minimum atomic E-state index is -0.777. The highest BCUT2D eigenvalue weighted by molar-refractivity contribution is 6.31. The van der Waals surface area contributed by atoms with Gasteiger partial charge in [-0.1, -0.05) is 61.3 Å². The molecule has 3 aromatic carbocycles. The number of nitrogens with one attached hydrogen (secondary N) is 2. The molecule has 36 heavy (non-hydrogen) atoms. The van der Waals surface area contributed by atoms with Gasteiger partial charge in [0.15, 0.2) is 11.5 Å². The summed E-state index contributed by atoms with van der Waals surface area (Å²) in [6, 6.07) is 19.2. The second-order valence-electron chi connectivity index (χ2n) is 8.62. The normalized spacial score (nSPS) is 11.8. The summed E-state index contributed by atoms with van der Waals surface area (Å²) in [6.45, 7) is 6.13. The average molecular weight is 508 g/mol. The molecule has 188 valence electrons. The summed E-state index contributed by atoms with van der Waals surface area (Å²) in [7, 11) is 1.56. The van der Waals surface area contributed by atoms with E-state index in [9.17, 15) is 9.59 Å². The van der Waals surface area contributed by atoms with Crippen LogP contribution in [0, 0.1) is 12.8 Å². The third kappa shape index (κ3) is 7.58. The van der Waals surface area contributed by atoms with Crippen LogP contribution in [0.15, 0.2) is 71.8 Å². The molecule has 0 fully saturated rings. The number of methoxy groups -OCH3 is 1. The number of carbonyl (C=O) groups is 2. The van der Waals surface area contributed by atoms with Gasteiger partial charge in [0.25, 0.3) is 11.8 Å². The standard InChI is InChI=1S/C28H30ClN3O4/c1-18(2)26(31-27(33)22-6-5-7-23(29)15-22)28(34)32-30-16-21-12-13-24(25(14-21)35-4)36-17-20-10-8-19(3)9-11-20/h5-16,18,26H,17H2,1-4H3,(H,31,33)(H,32,34)/b30-16-. The van der Waals surface area contributed by atoms with Gasteiger partial charge in [-0.05, 0) is 60.4 Å². The molecule has 0 saturated heterocycles. The third-order valence-corrected chi connectivity index (χ3v) is 5.65. The molecule has 0 radical (unpaired) electrons. The van der Waals surface area contributed by atoms with Crippen molar-refractivity contribution in [1.82, 2.24) is 10.7 Å². The minimum absolute atomic E-state index is 0.159. The van der Waals surface area contributed by atoms with Crippen molar-refractivity contribution in [2.75, 3.05) is 7.11 Å². The molecule has 7 nitrogen and oxygen atoms in total. The van der Waals surface area contributed by atoms with Gasteiger partial charge in [-0.15, -0.1) is 0 Å². The molecule has 0 heterocycles. The maximum Gasteiger partial charge on any atom is 0.262 e. The molecule has 1 atom stereocenters. The second-order valence-corrected chi connectivity index (χ2v) is 9.06. The first kappa shape index (κ1) is 26.8. The molecule has 0 spiro atoms. The quantitative estimate of drug-likeness (QED) is 0.294. The fraction of sp³-hybridized carbons (Fsp3) is 0.250. The maximum atomic E-state index is 12.7. The van der Waals surface area contributed by atoms with E-state index in [0.29, 0.717) is 34.3 Å². The van der Waals surface area contributed by atoms with Gasteiger partial charge in [-0.2, -0.15) is 5.10 Å². The zero-order chi connectivity index (χ0) is 26.1. The summed E-state index contributed by atoms with van der Waals surface area (Å²) in [5.74, 6) is 0.172. The smallest absolute Gasteiger partial charge is 0.262 e. The first-order valence-electron chi connectivity index (χ1n) is 11.5.